The van der Waals surface area contributed by atoms with Crippen LogP contribution in [0, 0.1) is 11.7 Å². The lowest BCUT2D eigenvalue weighted by Crippen LogP contribution is -2.43. The van der Waals surface area contributed by atoms with Crippen LogP contribution in [-0.4, -0.2) is 53.2 Å². The van der Waals surface area contributed by atoms with Crippen LogP contribution in [-0.2, 0) is 6.42 Å². The van der Waals surface area contributed by atoms with Gasteiger partial charge in [0.05, 0.1) is 10.0 Å². The van der Waals surface area contributed by atoms with Gasteiger partial charge in [0.2, 0.25) is 0 Å². The minimum Gasteiger partial charge on any atom is -0.461 e. The summed E-state index contributed by atoms with van der Waals surface area (Å²) >= 11 is 3.39. The Kier molecular flexibility index (Phi) is 6.54. The van der Waals surface area contributed by atoms with Gasteiger partial charge in [-0.2, -0.15) is 9.97 Å². The fourth-order valence-electron chi connectivity index (χ4n) is 5.95. The number of aryl methyl sites for hydroxylation is 1. The predicted octanol–water partition coefficient (Wildman–Crippen LogP) is 4.44. The number of fused-ring (bicyclic) bond motifs is 2. The Bertz CT molecular complexity index is 969. The van der Waals surface area contributed by atoms with Gasteiger partial charge in [-0.05, 0) is 111 Å². The summed E-state index contributed by atoms with van der Waals surface area (Å²) in [5, 5.41) is 4.15. The molecular formula is C24H33BrFN5O. The first-order valence-corrected chi connectivity index (χ1v) is 12.9. The van der Waals surface area contributed by atoms with Crippen LogP contribution in [0.4, 0.5) is 10.2 Å². The lowest BCUT2D eigenvalue weighted by molar-refractivity contribution is 0.108. The molecule has 32 heavy (non-hydrogen) atoms. The van der Waals surface area contributed by atoms with Crippen molar-refractivity contribution < 1.29 is 9.13 Å². The topological polar surface area (TPSA) is 76.3 Å². The monoisotopic (exact) mass is 505 g/mol. The first kappa shape index (κ1) is 22.3. The molecule has 2 aromatic rings. The molecule has 1 atom stereocenters. The van der Waals surface area contributed by atoms with E-state index in [-0.39, 0.29) is 17.1 Å². The third kappa shape index (κ3) is 4.33. The average Bonchev–Trinajstić information content (AvgIpc) is 3.24. The van der Waals surface area contributed by atoms with Gasteiger partial charge in [-0.1, -0.05) is 6.42 Å². The molecule has 3 aliphatic rings. The largest absolute Gasteiger partial charge is 0.461 e. The standard InChI is InChI=1S/C24H33BrFN5O/c25-18-13-17(7-6-16-5-1-2-10-28-14-16)19-21(20(18)26)29-23(30-22(19)27)32-15-24-8-3-11-31(24)12-4-9-24/h13,16,28H,1-12,14-15H2,(H2,27,29,30). The highest BCUT2D eigenvalue weighted by molar-refractivity contribution is 9.10. The molecule has 0 saturated carbocycles. The third-order valence-electron chi connectivity index (χ3n) is 7.71. The lowest BCUT2D eigenvalue weighted by Gasteiger charge is -2.31. The number of nitrogens with one attached hydrogen (secondary N) is 1. The summed E-state index contributed by atoms with van der Waals surface area (Å²) in [4.78, 5) is 11.5. The number of benzene rings is 1. The molecule has 1 aromatic heterocycles. The Labute approximate surface area is 197 Å². The maximum Gasteiger partial charge on any atom is 0.319 e. The van der Waals surface area contributed by atoms with E-state index >= 15 is 4.39 Å². The molecule has 174 valence electrons. The number of anilines is 1. The number of hydrogen-bond donors (Lipinski definition) is 2. The minimum absolute atomic E-state index is 0.0841. The molecular weight excluding hydrogens is 473 g/mol. The van der Waals surface area contributed by atoms with Gasteiger partial charge in [0, 0.05) is 5.39 Å². The van der Waals surface area contributed by atoms with Crippen molar-refractivity contribution in [2.24, 2.45) is 5.92 Å². The van der Waals surface area contributed by atoms with Crippen LogP contribution >= 0.6 is 15.9 Å². The summed E-state index contributed by atoms with van der Waals surface area (Å²) in [6, 6.07) is 2.02. The van der Waals surface area contributed by atoms with Crippen LogP contribution in [0.15, 0.2) is 10.5 Å². The van der Waals surface area contributed by atoms with E-state index < -0.39 is 5.82 Å². The second kappa shape index (κ2) is 9.39. The van der Waals surface area contributed by atoms with Gasteiger partial charge in [0.15, 0.2) is 5.82 Å². The number of hydrogen-bond acceptors (Lipinski definition) is 6. The average molecular weight is 506 g/mol. The normalized spacial score (nSPS) is 23.4. The molecule has 0 radical (unpaired) electrons. The zero-order chi connectivity index (χ0) is 22.1. The van der Waals surface area contributed by atoms with Crippen LogP contribution in [0.2, 0.25) is 0 Å². The molecule has 8 heteroatoms. The molecule has 0 amide bonds. The molecule has 3 saturated heterocycles. The highest BCUT2D eigenvalue weighted by Gasteiger charge is 2.45. The van der Waals surface area contributed by atoms with Gasteiger partial charge < -0.3 is 15.8 Å². The summed E-state index contributed by atoms with van der Waals surface area (Å²) in [6.45, 7) is 4.94. The van der Waals surface area contributed by atoms with Crippen LogP contribution in [0.5, 0.6) is 6.01 Å². The van der Waals surface area contributed by atoms with Crippen molar-refractivity contribution in [1.82, 2.24) is 20.2 Å². The minimum atomic E-state index is -0.402. The van der Waals surface area contributed by atoms with Crippen LogP contribution < -0.4 is 15.8 Å². The maximum atomic E-state index is 15.1. The quantitative estimate of drug-likeness (QED) is 0.604. The fourth-order valence-corrected chi connectivity index (χ4v) is 6.42. The molecule has 6 nitrogen and oxygen atoms in total. The number of ether oxygens (including phenoxy) is 1. The number of nitrogen functional groups attached to an aromatic ring is 1. The maximum absolute atomic E-state index is 15.1. The van der Waals surface area contributed by atoms with Gasteiger partial charge in [0.25, 0.3) is 0 Å². The van der Waals surface area contributed by atoms with Crippen molar-refractivity contribution >= 4 is 32.7 Å². The first-order valence-electron chi connectivity index (χ1n) is 12.1. The Balaban J connectivity index is 1.38. The molecule has 3 N–H and O–H groups in total. The molecule has 0 spiro atoms. The zero-order valence-electron chi connectivity index (χ0n) is 18.6. The number of aromatic nitrogens is 2. The van der Waals surface area contributed by atoms with Gasteiger partial charge >= 0.3 is 6.01 Å². The summed E-state index contributed by atoms with van der Waals surface area (Å²) in [6.07, 6.45) is 10.3. The fraction of sp³-hybridized carbons (Fsp3) is 0.667. The second-order valence-electron chi connectivity index (χ2n) is 9.76. The molecule has 1 aromatic carbocycles. The van der Waals surface area contributed by atoms with Crippen molar-refractivity contribution in [3.8, 4) is 6.01 Å². The van der Waals surface area contributed by atoms with Gasteiger partial charge in [-0.25, -0.2) is 4.39 Å². The number of halogens is 2. The number of rotatable bonds is 6. The number of nitrogens with two attached hydrogens (primary N) is 1. The van der Waals surface area contributed by atoms with Crippen molar-refractivity contribution in [3.05, 3.63) is 21.9 Å². The molecule has 1 unspecified atom stereocenters. The van der Waals surface area contributed by atoms with E-state index in [1.54, 1.807) is 0 Å². The van der Waals surface area contributed by atoms with Crippen LogP contribution in [0.3, 0.4) is 0 Å². The van der Waals surface area contributed by atoms with E-state index in [4.69, 9.17) is 10.5 Å². The van der Waals surface area contributed by atoms with Crippen molar-refractivity contribution in [2.75, 3.05) is 38.5 Å². The van der Waals surface area contributed by atoms with E-state index in [0.717, 1.165) is 57.4 Å². The SMILES string of the molecule is Nc1nc(OCC23CCCN2CCC3)nc2c(F)c(Br)cc(CCC3CCCCNC3)c12. The van der Waals surface area contributed by atoms with Crippen molar-refractivity contribution in [1.29, 1.82) is 0 Å². The highest BCUT2D eigenvalue weighted by atomic mass is 79.9. The van der Waals surface area contributed by atoms with Gasteiger partial charge in [-0.3, -0.25) is 4.90 Å². The molecule has 3 aliphatic heterocycles. The van der Waals surface area contributed by atoms with Crippen molar-refractivity contribution in [2.45, 2.75) is 63.3 Å². The van der Waals surface area contributed by atoms with E-state index in [1.807, 2.05) is 6.07 Å². The lowest BCUT2D eigenvalue weighted by atomic mass is 9.94. The van der Waals surface area contributed by atoms with Gasteiger partial charge in [-0.15, -0.1) is 0 Å². The molecule has 3 fully saturated rings. The van der Waals surface area contributed by atoms with Gasteiger partial charge in [0.1, 0.15) is 17.9 Å². The summed E-state index contributed by atoms with van der Waals surface area (Å²) in [5.74, 6) is 0.527. The van der Waals surface area contributed by atoms with E-state index in [1.165, 1.54) is 32.1 Å². The summed E-state index contributed by atoms with van der Waals surface area (Å²) < 4.78 is 21.5. The molecule has 5 rings (SSSR count). The second-order valence-corrected chi connectivity index (χ2v) is 10.6. The Hall–Kier alpha value is -1.51. The molecule has 0 bridgehead atoms. The number of nitrogens with zero attached hydrogens (tertiary/aromatic N) is 3. The van der Waals surface area contributed by atoms with E-state index in [9.17, 15) is 0 Å². The van der Waals surface area contributed by atoms with Crippen LogP contribution in [0.1, 0.15) is 56.9 Å². The smallest absolute Gasteiger partial charge is 0.319 e. The Morgan fingerprint density at radius 1 is 1.22 bits per heavy atom. The molecule has 4 heterocycles. The van der Waals surface area contributed by atoms with E-state index in [0.29, 0.717) is 28.2 Å². The van der Waals surface area contributed by atoms with Crippen LogP contribution in [0.25, 0.3) is 10.9 Å². The molecule has 0 aliphatic carbocycles. The highest BCUT2D eigenvalue weighted by Crippen LogP contribution is 2.39. The Morgan fingerprint density at radius 3 is 2.84 bits per heavy atom. The Morgan fingerprint density at radius 2 is 2.03 bits per heavy atom. The third-order valence-corrected chi connectivity index (χ3v) is 8.29. The first-order chi connectivity index (χ1) is 15.6. The van der Waals surface area contributed by atoms with Crippen molar-refractivity contribution in [3.63, 3.8) is 0 Å². The summed E-state index contributed by atoms with van der Waals surface area (Å²) in [7, 11) is 0. The van der Waals surface area contributed by atoms with E-state index in [2.05, 4.69) is 36.1 Å². The zero-order valence-corrected chi connectivity index (χ0v) is 20.2. The predicted molar refractivity (Wildman–Crippen MR) is 128 cm³/mol. The summed E-state index contributed by atoms with van der Waals surface area (Å²) in [5.41, 5.74) is 7.70.